The number of hydrogen-bond donors (Lipinski definition) is 1. The number of fused-ring (bicyclic) bond motifs is 1. The quantitative estimate of drug-likeness (QED) is 0.678. The molecular weight excluding hydrogens is 254 g/mol. The van der Waals surface area contributed by atoms with E-state index in [0.29, 0.717) is 13.1 Å². The van der Waals surface area contributed by atoms with Crippen LogP contribution in [-0.4, -0.2) is 28.4 Å². The fourth-order valence-corrected chi connectivity index (χ4v) is 2.23. The Kier molecular flexibility index (Phi) is 4.35. The molecule has 0 spiro atoms. The molecule has 2 rings (SSSR count). The molecule has 0 aliphatic carbocycles. The van der Waals surface area contributed by atoms with Gasteiger partial charge in [-0.15, -0.1) is 0 Å². The third kappa shape index (κ3) is 3.15. The van der Waals surface area contributed by atoms with Crippen LogP contribution in [-0.2, 0) is 17.8 Å². The number of amides is 1. The SMILES string of the molecule is CC=CC=CC(=O)N1CCc2ccc(C(=O)O)cc2C1. The maximum atomic E-state index is 12.0. The Morgan fingerprint density at radius 3 is 2.75 bits per heavy atom. The van der Waals surface area contributed by atoms with Gasteiger partial charge in [0, 0.05) is 19.2 Å². The van der Waals surface area contributed by atoms with Crippen LogP contribution < -0.4 is 0 Å². The minimum atomic E-state index is -0.941. The predicted molar refractivity (Wildman–Crippen MR) is 76.5 cm³/mol. The minimum absolute atomic E-state index is 0.0468. The first-order valence-corrected chi connectivity index (χ1v) is 6.55. The molecule has 1 amide bonds. The van der Waals surface area contributed by atoms with Gasteiger partial charge in [-0.05, 0) is 36.6 Å². The molecule has 4 nitrogen and oxygen atoms in total. The molecule has 104 valence electrons. The van der Waals surface area contributed by atoms with Crippen LogP contribution in [0.5, 0.6) is 0 Å². The standard InChI is InChI=1S/C16H17NO3/c1-2-3-4-5-15(18)17-9-8-12-6-7-13(16(19)20)10-14(12)11-17/h2-7,10H,8-9,11H2,1H3,(H,19,20). The van der Waals surface area contributed by atoms with Crippen LogP contribution in [0.4, 0.5) is 0 Å². The highest BCUT2D eigenvalue weighted by molar-refractivity contribution is 5.89. The Hall–Kier alpha value is -2.36. The number of carboxylic acid groups (broad SMARTS) is 1. The van der Waals surface area contributed by atoms with Gasteiger partial charge in [-0.2, -0.15) is 0 Å². The van der Waals surface area contributed by atoms with E-state index in [-0.39, 0.29) is 11.5 Å². The lowest BCUT2D eigenvalue weighted by atomic mass is 9.97. The summed E-state index contributed by atoms with van der Waals surface area (Å²) >= 11 is 0. The van der Waals surface area contributed by atoms with Crippen LogP contribution in [0, 0.1) is 0 Å². The highest BCUT2D eigenvalue weighted by Gasteiger charge is 2.20. The van der Waals surface area contributed by atoms with E-state index in [9.17, 15) is 9.59 Å². The first kappa shape index (κ1) is 14.1. The number of allylic oxidation sites excluding steroid dienone is 3. The molecule has 0 atom stereocenters. The van der Waals surface area contributed by atoms with Gasteiger partial charge in [0.25, 0.3) is 0 Å². The van der Waals surface area contributed by atoms with Crippen molar-refractivity contribution in [3.05, 3.63) is 59.2 Å². The minimum Gasteiger partial charge on any atom is -0.478 e. The van der Waals surface area contributed by atoms with Crippen LogP contribution >= 0.6 is 0 Å². The third-order valence-corrected chi connectivity index (χ3v) is 3.32. The van der Waals surface area contributed by atoms with Gasteiger partial charge in [-0.3, -0.25) is 4.79 Å². The molecule has 1 aromatic carbocycles. The zero-order valence-electron chi connectivity index (χ0n) is 11.4. The van der Waals surface area contributed by atoms with Crippen molar-refractivity contribution in [1.29, 1.82) is 0 Å². The second kappa shape index (κ2) is 6.19. The van der Waals surface area contributed by atoms with Gasteiger partial charge in [0.15, 0.2) is 0 Å². The lowest BCUT2D eigenvalue weighted by Gasteiger charge is -2.28. The van der Waals surface area contributed by atoms with E-state index >= 15 is 0 Å². The van der Waals surface area contributed by atoms with E-state index in [1.807, 2.05) is 19.1 Å². The molecular formula is C16H17NO3. The van der Waals surface area contributed by atoms with Gasteiger partial charge in [0.05, 0.1) is 5.56 Å². The van der Waals surface area contributed by atoms with Gasteiger partial charge < -0.3 is 10.0 Å². The maximum Gasteiger partial charge on any atom is 0.335 e. The summed E-state index contributed by atoms with van der Waals surface area (Å²) in [6.07, 6.45) is 7.67. The molecule has 0 bridgehead atoms. The molecule has 1 heterocycles. The monoisotopic (exact) mass is 271 g/mol. The molecule has 0 radical (unpaired) electrons. The summed E-state index contributed by atoms with van der Waals surface area (Å²) in [6, 6.07) is 5.12. The Balaban J connectivity index is 2.15. The highest BCUT2D eigenvalue weighted by atomic mass is 16.4. The summed E-state index contributed by atoms with van der Waals surface area (Å²) in [4.78, 5) is 24.7. The zero-order chi connectivity index (χ0) is 14.5. The Morgan fingerprint density at radius 1 is 1.25 bits per heavy atom. The van der Waals surface area contributed by atoms with Crippen molar-refractivity contribution in [3.8, 4) is 0 Å². The molecule has 20 heavy (non-hydrogen) atoms. The van der Waals surface area contributed by atoms with Crippen LogP contribution in [0.3, 0.4) is 0 Å². The number of aromatic carboxylic acids is 1. The lowest BCUT2D eigenvalue weighted by molar-refractivity contribution is -0.126. The fraction of sp³-hybridized carbons (Fsp3) is 0.250. The number of carbonyl (C=O) groups is 2. The van der Waals surface area contributed by atoms with Gasteiger partial charge in [-0.1, -0.05) is 24.3 Å². The fourth-order valence-electron chi connectivity index (χ4n) is 2.23. The Labute approximate surface area is 118 Å². The van der Waals surface area contributed by atoms with Crippen molar-refractivity contribution in [3.63, 3.8) is 0 Å². The summed E-state index contributed by atoms with van der Waals surface area (Å²) in [5.41, 5.74) is 2.31. The van der Waals surface area contributed by atoms with Crippen molar-refractivity contribution < 1.29 is 14.7 Å². The molecule has 1 N–H and O–H groups in total. The summed E-state index contributed by atoms with van der Waals surface area (Å²) in [7, 11) is 0. The number of carboxylic acids is 1. The zero-order valence-corrected chi connectivity index (χ0v) is 11.4. The summed E-state index contributed by atoms with van der Waals surface area (Å²) in [5, 5.41) is 9.01. The average molecular weight is 271 g/mol. The van der Waals surface area contributed by atoms with Crippen molar-refractivity contribution in [2.45, 2.75) is 19.9 Å². The normalized spacial score (nSPS) is 14.8. The topological polar surface area (TPSA) is 57.6 Å². The van der Waals surface area contributed by atoms with E-state index in [4.69, 9.17) is 5.11 Å². The van der Waals surface area contributed by atoms with E-state index in [0.717, 1.165) is 17.5 Å². The number of hydrogen-bond acceptors (Lipinski definition) is 2. The van der Waals surface area contributed by atoms with Gasteiger partial charge in [0.2, 0.25) is 5.91 Å². The number of rotatable bonds is 3. The van der Waals surface area contributed by atoms with Crippen LogP contribution in [0.1, 0.15) is 28.4 Å². The second-order valence-corrected chi connectivity index (χ2v) is 4.68. The second-order valence-electron chi connectivity index (χ2n) is 4.68. The maximum absolute atomic E-state index is 12.0. The Bertz CT molecular complexity index is 587. The van der Waals surface area contributed by atoms with Crippen molar-refractivity contribution >= 4 is 11.9 Å². The smallest absolute Gasteiger partial charge is 0.335 e. The summed E-state index contributed by atoms with van der Waals surface area (Å²) in [5.74, 6) is -0.987. The van der Waals surface area contributed by atoms with Gasteiger partial charge >= 0.3 is 5.97 Å². The molecule has 0 saturated heterocycles. The van der Waals surface area contributed by atoms with E-state index < -0.39 is 5.97 Å². The molecule has 1 aliphatic rings. The lowest BCUT2D eigenvalue weighted by Crippen LogP contribution is -2.34. The highest BCUT2D eigenvalue weighted by Crippen LogP contribution is 2.20. The first-order chi connectivity index (χ1) is 9.61. The molecule has 0 aromatic heterocycles. The van der Waals surface area contributed by atoms with Gasteiger partial charge in [-0.25, -0.2) is 4.79 Å². The first-order valence-electron chi connectivity index (χ1n) is 6.55. The number of benzene rings is 1. The number of nitrogens with zero attached hydrogens (tertiary/aromatic N) is 1. The molecule has 4 heteroatoms. The van der Waals surface area contributed by atoms with E-state index in [2.05, 4.69) is 0 Å². The van der Waals surface area contributed by atoms with Crippen LogP contribution in [0.2, 0.25) is 0 Å². The van der Waals surface area contributed by atoms with E-state index in [1.54, 1.807) is 29.2 Å². The number of carbonyl (C=O) groups excluding carboxylic acids is 1. The predicted octanol–water partition coefficient (Wildman–Crippen LogP) is 2.40. The van der Waals surface area contributed by atoms with Crippen LogP contribution in [0.15, 0.2) is 42.5 Å². The van der Waals surface area contributed by atoms with Crippen LogP contribution in [0.25, 0.3) is 0 Å². The van der Waals surface area contributed by atoms with Crippen molar-refractivity contribution in [2.75, 3.05) is 6.54 Å². The molecule has 0 fully saturated rings. The van der Waals surface area contributed by atoms with Gasteiger partial charge in [0.1, 0.15) is 0 Å². The summed E-state index contributed by atoms with van der Waals surface area (Å²) in [6.45, 7) is 3.02. The van der Waals surface area contributed by atoms with Crippen molar-refractivity contribution in [2.24, 2.45) is 0 Å². The Morgan fingerprint density at radius 2 is 2.05 bits per heavy atom. The van der Waals surface area contributed by atoms with E-state index in [1.165, 1.54) is 6.08 Å². The molecule has 0 unspecified atom stereocenters. The van der Waals surface area contributed by atoms with Crippen molar-refractivity contribution in [1.82, 2.24) is 4.90 Å². The molecule has 0 saturated carbocycles. The largest absolute Gasteiger partial charge is 0.478 e. The summed E-state index contributed by atoms with van der Waals surface area (Å²) < 4.78 is 0. The third-order valence-electron chi connectivity index (χ3n) is 3.32. The molecule has 1 aliphatic heterocycles. The average Bonchev–Trinajstić information content (AvgIpc) is 2.46. The molecule has 1 aromatic rings.